The summed E-state index contributed by atoms with van der Waals surface area (Å²) in [4.78, 5) is 33.0. The van der Waals surface area contributed by atoms with Crippen molar-refractivity contribution in [1.29, 1.82) is 0 Å². The molecule has 2 N–H and O–H groups in total. The van der Waals surface area contributed by atoms with Crippen LogP contribution < -0.4 is 5.73 Å². The molecule has 1 aromatic carbocycles. The van der Waals surface area contributed by atoms with Crippen molar-refractivity contribution in [2.75, 3.05) is 32.7 Å². The smallest absolute Gasteiger partial charge is 0.254 e. The molecule has 2 amide bonds. The fourth-order valence-electron chi connectivity index (χ4n) is 3.57. The molecule has 7 nitrogen and oxygen atoms in total. The van der Waals surface area contributed by atoms with Gasteiger partial charge in [-0.05, 0) is 43.3 Å². The third kappa shape index (κ3) is 4.18. The molecule has 1 aliphatic rings. The van der Waals surface area contributed by atoms with Crippen LogP contribution >= 0.6 is 15.9 Å². The first-order valence-electron chi connectivity index (χ1n) is 9.38. The third-order valence-corrected chi connectivity index (χ3v) is 5.53. The summed E-state index contributed by atoms with van der Waals surface area (Å²) in [5.74, 6) is 1.01. The van der Waals surface area contributed by atoms with E-state index >= 15 is 0 Å². The van der Waals surface area contributed by atoms with Crippen LogP contribution in [-0.2, 0) is 4.79 Å². The van der Waals surface area contributed by atoms with Gasteiger partial charge in [0.2, 0.25) is 5.91 Å². The number of nitrogens with two attached hydrogens (primary N) is 1. The second-order valence-corrected chi connectivity index (χ2v) is 8.08. The van der Waals surface area contributed by atoms with Crippen molar-refractivity contribution >= 4 is 38.6 Å². The molecule has 1 saturated heterocycles. The van der Waals surface area contributed by atoms with Crippen LogP contribution in [0.2, 0.25) is 0 Å². The molecule has 2 aromatic heterocycles. The Bertz CT molecular complexity index is 1090. The first kappa shape index (κ1) is 19.6. The predicted molar refractivity (Wildman–Crippen MR) is 113 cm³/mol. The summed E-state index contributed by atoms with van der Waals surface area (Å²) < 4.78 is 6.61. The number of carbonyl (C=O) groups excluding carboxylic acids is 2. The van der Waals surface area contributed by atoms with Crippen molar-refractivity contribution < 1.29 is 14.0 Å². The maximum Gasteiger partial charge on any atom is 0.254 e. The Balaban J connectivity index is 1.69. The lowest BCUT2D eigenvalue weighted by molar-refractivity contribution is -0.119. The van der Waals surface area contributed by atoms with Gasteiger partial charge < -0.3 is 15.1 Å². The molecule has 29 heavy (non-hydrogen) atoms. The number of piperazine rings is 1. The first-order valence-corrected chi connectivity index (χ1v) is 10.2. The van der Waals surface area contributed by atoms with E-state index in [4.69, 9.17) is 10.2 Å². The molecule has 0 aliphatic carbocycles. The Morgan fingerprint density at radius 2 is 1.90 bits per heavy atom. The van der Waals surface area contributed by atoms with Gasteiger partial charge >= 0.3 is 0 Å². The first-order chi connectivity index (χ1) is 13.9. The maximum absolute atomic E-state index is 13.4. The highest BCUT2D eigenvalue weighted by atomic mass is 79.9. The highest BCUT2D eigenvalue weighted by molar-refractivity contribution is 9.10. The van der Waals surface area contributed by atoms with Gasteiger partial charge in [0.1, 0.15) is 11.5 Å². The molecule has 0 unspecified atom stereocenters. The molecule has 3 heterocycles. The van der Waals surface area contributed by atoms with Crippen LogP contribution in [0.25, 0.3) is 22.4 Å². The van der Waals surface area contributed by atoms with Crippen LogP contribution in [0.1, 0.15) is 16.1 Å². The minimum absolute atomic E-state index is 0.0567. The van der Waals surface area contributed by atoms with Gasteiger partial charge in [-0.3, -0.25) is 14.5 Å². The van der Waals surface area contributed by atoms with Gasteiger partial charge in [0.05, 0.1) is 17.6 Å². The normalized spacial score (nSPS) is 15.0. The molecule has 0 saturated carbocycles. The zero-order valence-corrected chi connectivity index (χ0v) is 17.6. The van der Waals surface area contributed by atoms with Gasteiger partial charge in [0.15, 0.2) is 5.76 Å². The number of primary amides is 1. The number of hydrogen-bond donors (Lipinski definition) is 1. The van der Waals surface area contributed by atoms with Gasteiger partial charge in [-0.2, -0.15) is 0 Å². The summed E-state index contributed by atoms with van der Waals surface area (Å²) in [7, 11) is 0. The van der Waals surface area contributed by atoms with Gasteiger partial charge in [-0.25, -0.2) is 4.98 Å². The Labute approximate surface area is 176 Å². The monoisotopic (exact) mass is 456 g/mol. The zero-order chi connectivity index (χ0) is 20.5. The quantitative estimate of drug-likeness (QED) is 0.651. The van der Waals surface area contributed by atoms with E-state index in [9.17, 15) is 9.59 Å². The van der Waals surface area contributed by atoms with E-state index in [0.29, 0.717) is 43.2 Å². The Morgan fingerprint density at radius 3 is 2.55 bits per heavy atom. The summed E-state index contributed by atoms with van der Waals surface area (Å²) in [6.45, 7) is 4.41. The number of rotatable bonds is 4. The molecule has 1 fully saturated rings. The molecule has 3 aromatic rings. The lowest BCUT2D eigenvalue weighted by atomic mass is 10.0. The van der Waals surface area contributed by atoms with Crippen molar-refractivity contribution in [1.82, 2.24) is 14.8 Å². The second kappa shape index (κ2) is 7.96. The van der Waals surface area contributed by atoms with Crippen molar-refractivity contribution in [2.45, 2.75) is 6.92 Å². The van der Waals surface area contributed by atoms with Crippen LogP contribution in [0.15, 0.2) is 45.3 Å². The lowest BCUT2D eigenvalue weighted by Gasteiger charge is -2.34. The number of nitrogens with zero attached hydrogens (tertiary/aromatic N) is 3. The fourth-order valence-corrected chi connectivity index (χ4v) is 3.93. The van der Waals surface area contributed by atoms with E-state index in [2.05, 4.69) is 20.9 Å². The Hall–Kier alpha value is -2.71. The average Bonchev–Trinajstić information content (AvgIpc) is 3.13. The van der Waals surface area contributed by atoms with Gasteiger partial charge in [0, 0.05) is 36.0 Å². The summed E-state index contributed by atoms with van der Waals surface area (Å²) in [6, 6.07) is 11.2. The summed E-state index contributed by atoms with van der Waals surface area (Å²) in [5.41, 5.74) is 7.22. The fraction of sp³-hybridized carbons (Fsp3) is 0.286. The van der Waals surface area contributed by atoms with Gasteiger partial charge in [-0.1, -0.05) is 15.9 Å². The summed E-state index contributed by atoms with van der Waals surface area (Å²) in [5, 5.41) is 0.788. The third-order valence-electron chi connectivity index (χ3n) is 5.03. The van der Waals surface area contributed by atoms with E-state index in [-0.39, 0.29) is 18.4 Å². The van der Waals surface area contributed by atoms with Gasteiger partial charge in [-0.15, -0.1) is 0 Å². The van der Waals surface area contributed by atoms with Crippen LogP contribution in [-0.4, -0.2) is 59.3 Å². The molecular weight excluding hydrogens is 436 g/mol. The Kier molecular flexibility index (Phi) is 5.38. The number of benzene rings is 1. The largest absolute Gasteiger partial charge is 0.460 e. The highest BCUT2D eigenvalue weighted by Crippen LogP contribution is 2.29. The number of furan rings is 1. The second-order valence-electron chi connectivity index (χ2n) is 7.16. The van der Waals surface area contributed by atoms with E-state index in [1.807, 2.05) is 47.1 Å². The minimum atomic E-state index is -0.354. The molecule has 4 rings (SSSR count). The van der Waals surface area contributed by atoms with Crippen LogP contribution in [0.4, 0.5) is 0 Å². The van der Waals surface area contributed by atoms with Crippen molar-refractivity contribution in [2.24, 2.45) is 5.73 Å². The number of carbonyl (C=O) groups is 2. The summed E-state index contributed by atoms with van der Waals surface area (Å²) in [6.07, 6.45) is 0. The highest BCUT2D eigenvalue weighted by Gasteiger charge is 2.25. The molecule has 0 atom stereocenters. The minimum Gasteiger partial charge on any atom is -0.460 e. The number of pyridine rings is 1. The lowest BCUT2D eigenvalue weighted by Crippen LogP contribution is -2.50. The molecule has 0 spiro atoms. The predicted octanol–water partition coefficient (Wildman–Crippen LogP) is 2.81. The van der Waals surface area contributed by atoms with E-state index < -0.39 is 0 Å². The number of aromatic nitrogens is 1. The molecule has 1 aliphatic heterocycles. The Morgan fingerprint density at radius 1 is 1.14 bits per heavy atom. The molecule has 0 bridgehead atoms. The van der Waals surface area contributed by atoms with Crippen molar-refractivity contribution in [3.05, 3.63) is 52.2 Å². The molecule has 150 valence electrons. The number of fused-ring (bicyclic) bond motifs is 1. The van der Waals surface area contributed by atoms with E-state index in [0.717, 1.165) is 21.1 Å². The summed E-state index contributed by atoms with van der Waals surface area (Å²) >= 11 is 3.49. The van der Waals surface area contributed by atoms with Crippen LogP contribution in [0.3, 0.4) is 0 Å². The number of hydrogen-bond acceptors (Lipinski definition) is 5. The standard InChI is InChI=1S/C21H21BrN4O3/c1-13-2-5-19(29-13)18-11-16(15-10-14(22)3-4-17(15)24-18)21(28)26-8-6-25(7-9-26)12-20(23)27/h2-5,10-11H,6-9,12H2,1H3,(H2,23,27). The molecule has 0 radical (unpaired) electrons. The zero-order valence-electron chi connectivity index (χ0n) is 16.0. The van der Waals surface area contributed by atoms with Crippen LogP contribution in [0, 0.1) is 6.92 Å². The van der Waals surface area contributed by atoms with E-state index in [1.54, 1.807) is 6.07 Å². The van der Waals surface area contributed by atoms with E-state index in [1.165, 1.54) is 0 Å². The SMILES string of the molecule is Cc1ccc(-c2cc(C(=O)N3CCN(CC(N)=O)CC3)c3cc(Br)ccc3n2)o1. The number of amides is 2. The average molecular weight is 457 g/mol. The number of aryl methyl sites for hydroxylation is 1. The van der Waals surface area contributed by atoms with Crippen molar-refractivity contribution in [3.8, 4) is 11.5 Å². The molecular formula is C21H21BrN4O3. The topological polar surface area (TPSA) is 92.7 Å². The van der Waals surface area contributed by atoms with Crippen molar-refractivity contribution in [3.63, 3.8) is 0 Å². The maximum atomic E-state index is 13.4. The van der Waals surface area contributed by atoms with Gasteiger partial charge in [0.25, 0.3) is 5.91 Å². The van der Waals surface area contributed by atoms with Crippen LogP contribution in [0.5, 0.6) is 0 Å². The molecule has 8 heteroatoms. The number of halogens is 1.